The van der Waals surface area contributed by atoms with Crippen molar-refractivity contribution in [1.29, 1.82) is 0 Å². The molecular formula is C6H11N2O. The van der Waals surface area contributed by atoms with Crippen LogP contribution in [0.3, 0.4) is 0 Å². The van der Waals surface area contributed by atoms with Gasteiger partial charge in [0.25, 0.3) is 0 Å². The summed E-state index contributed by atoms with van der Waals surface area (Å²) in [7, 11) is 1.57. The van der Waals surface area contributed by atoms with Gasteiger partial charge in [0.15, 0.2) is 0 Å². The molecule has 1 rings (SSSR count). The summed E-state index contributed by atoms with van der Waals surface area (Å²) in [5.41, 5.74) is 1.07. The Kier molecular flexibility index (Phi) is 2.51. The first-order valence-electron chi connectivity index (χ1n) is 3.15. The second kappa shape index (κ2) is 3.45. The van der Waals surface area contributed by atoms with Crippen LogP contribution in [0.25, 0.3) is 0 Å². The number of piperidine rings is 1. The zero-order valence-electron chi connectivity index (χ0n) is 5.63. The van der Waals surface area contributed by atoms with Crippen molar-refractivity contribution < 1.29 is 4.84 Å². The van der Waals surface area contributed by atoms with Crippen LogP contribution in [0.1, 0.15) is 12.8 Å². The summed E-state index contributed by atoms with van der Waals surface area (Å²) in [6, 6.07) is 0. The van der Waals surface area contributed by atoms with Gasteiger partial charge in [-0.25, -0.2) is 5.32 Å². The van der Waals surface area contributed by atoms with Crippen molar-refractivity contribution in [3.8, 4) is 0 Å². The van der Waals surface area contributed by atoms with Gasteiger partial charge in [-0.1, -0.05) is 5.16 Å². The highest BCUT2D eigenvalue weighted by Gasteiger charge is 2.06. The van der Waals surface area contributed by atoms with Gasteiger partial charge in [0, 0.05) is 6.54 Å². The molecule has 3 heteroatoms. The van der Waals surface area contributed by atoms with E-state index in [1.54, 1.807) is 7.11 Å². The van der Waals surface area contributed by atoms with E-state index in [9.17, 15) is 0 Å². The molecule has 1 saturated heterocycles. The van der Waals surface area contributed by atoms with E-state index >= 15 is 0 Å². The van der Waals surface area contributed by atoms with Crippen LogP contribution < -0.4 is 5.32 Å². The molecule has 0 N–H and O–H groups in total. The van der Waals surface area contributed by atoms with Crippen LogP contribution in [0.4, 0.5) is 0 Å². The quantitative estimate of drug-likeness (QED) is 0.469. The topological polar surface area (TPSA) is 35.7 Å². The summed E-state index contributed by atoms with van der Waals surface area (Å²) in [6.07, 6.45) is 2.18. The lowest BCUT2D eigenvalue weighted by molar-refractivity contribution is 0.211. The number of oxime groups is 1. The fraction of sp³-hybridized carbons (Fsp3) is 0.833. The van der Waals surface area contributed by atoms with Crippen LogP contribution in [0.15, 0.2) is 5.16 Å². The molecule has 1 heterocycles. The summed E-state index contributed by atoms with van der Waals surface area (Å²) in [5.74, 6) is 0. The predicted molar refractivity (Wildman–Crippen MR) is 35.5 cm³/mol. The first-order chi connectivity index (χ1) is 4.43. The summed E-state index contributed by atoms with van der Waals surface area (Å²) in [6.45, 7) is 1.76. The lowest BCUT2D eigenvalue weighted by atomic mass is 10.1. The van der Waals surface area contributed by atoms with Crippen LogP contribution in [-0.4, -0.2) is 25.9 Å². The second-order valence-electron chi connectivity index (χ2n) is 2.05. The number of hydrogen-bond donors (Lipinski definition) is 0. The van der Waals surface area contributed by atoms with E-state index in [0.717, 1.165) is 31.6 Å². The fourth-order valence-electron chi connectivity index (χ4n) is 0.886. The highest BCUT2D eigenvalue weighted by molar-refractivity contribution is 5.86. The first-order valence-corrected chi connectivity index (χ1v) is 3.15. The molecule has 1 aliphatic rings. The highest BCUT2D eigenvalue weighted by atomic mass is 16.6. The molecule has 0 atom stereocenters. The molecule has 0 amide bonds. The van der Waals surface area contributed by atoms with Crippen molar-refractivity contribution in [3.05, 3.63) is 0 Å². The monoisotopic (exact) mass is 127 g/mol. The number of hydrogen-bond acceptors (Lipinski definition) is 2. The zero-order chi connectivity index (χ0) is 6.53. The van der Waals surface area contributed by atoms with Crippen molar-refractivity contribution in [2.24, 2.45) is 5.16 Å². The van der Waals surface area contributed by atoms with Crippen LogP contribution in [0.2, 0.25) is 0 Å². The van der Waals surface area contributed by atoms with Gasteiger partial charge >= 0.3 is 0 Å². The summed E-state index contributed by atoms with van der Waals surface area (Å²) in [4.78, 5) is 4.61. The van der Waals surface area contributed by atoms with E-state index in [1.807, 2.05) is 0 Å². The third-order valence-corrected chi connectivity index (χ3v) is 1.30. The van der Waals surface area contributed by atoms with Crippen molar-refractivity contribution in [3.63, 3.8) is 0 Å². The molecular weight excluding hydrogens is 116 g/mol. The Labute approximate surface area is 55.1 Å². The first kappa shape index (κ1) is 6.55. The van der Waals surface area contributed by atoms with Gasteiger partial charge in [-0.3, -0.25) is 0 Å². The van der Waals surface area contributed by atoms with Crippen LogP contribution in [-0.2, 0) is 4.84 Å². The van der Waals surface area contributed by atoms with E-state index in [0.29, 0.717) is 0 Å². The molecule has 0 unspecified atom stereocenters. The average molecular weight is 127 g/mol. The molecule has 9 heavy (non-hydrogen) atoms. The summed E-state index contributed by atoms with van der Waals surface area (Å²) in [5, 5.41) is 7.97. The molecule has 0 aromatic rings. The molecule has 51 valence electrons. The molecule has 3 nitrogen and oxygen atoms in total. The van der Waals surface area contributed by atoms with Crippen molar-refractivity contribution in [1.82, 2.24) is 5.32 Å². The van der Waals surface area contributed by atoms with Gasteiger partial charge in [0.1, 0.15) is 7.11 Å². The molecule has 0 aromatic heterocycles. The van der Waals surface area contributed by atoms with Gasteiger partial charge in [-0.15, -0.1) is 0 Å². The Balaban J connectivity index is 2.30. The lowest BCUT2D eigenvalue weighted by Crippen LogP contribution is -2.24. The Morgan fingerprint density at radius 2 is 2.56 bits per heavy atom. The minimum absolute atomic E-state index is 0.772. The Hall–Kier alpha value is -0.570. The highest BCUT2D eigenvalue weighted by Crippen LogP contribution is 1.98. The van der Waals surface area contributed by atoms with E-state index in [1.165, 1.54) is 0 Å². The minimum atomic E-state index is 0.772. The smallest absolute Gasteiger partial charge is 0.106 e. The van der Waals surface area contributed by atoms with E-state index in [4.69, 9.17) is 0 Å². The molecule has 0 spiro atoms. The fourth-order valence-corrected chi connectivity index (χ4v) is 0.886. The normalized spacial score (nSPS) is 24.3. The van der Waals surface area contributed by atoms with Crippen LogP contribution in [0, 0.1) is 0 Å². The molecule has 0 bridgehead atoms. The molecule has 1 aliphatic heterocycles. The molecule has 1 radical (unpaired) electrons. The Morgan fingerprint density at radius 3 is 3.11 bits per heavy atom. The molecule has 0 aliphatic carbocycles. The third kappa shape index (κ3) is 2.01. The van der Waals surface area contributed by atoms with Crippen LogP contribution in [0.5, 0.6) is 0 Å². The van der Waals surface area contributed by atoms with Gasteiger partial charge < -0.3 is 4.84 Å². The van der Waals surface area contributed by atoms with Crippen molar-refractivity contribution in [2.75, 3.05) is 20.2 Å². The summed E-state index contributed by atoms with van der Waals surface area (Å²) < 4.78 is 0. The van der Waals surface area contributed by atoms with E-state index in [-0.39, 0.29) is 0 Å². The maximum atomic E-state index is 4.61. The van der Waals surface area contributed by atoms with Crippen LogP contribution >= 0.6 is 0 Å². The summed E-state index contributed by atoms with van der Waals surface area (Å²) >= 11 is 0. The maximum absolute atomic E-state index is 4.61. The van der Waals surface area contributed by atoms with Gasteiger partial charge in [0.05, 0.1) is 12.3 Å². The number of nitrogens with zero attached hydrogens (tertiary/aromatic N) is 2. The molecule has 0 aromatic carbocycles. The van der Waals surface area contributed by atoms with Crippen molar-refractivity contribution in [2.45, 2.75) is 12.8 Å². The van der Waals surface area contributed by atoms with Gasteiger partial charge in [0.2, 0.25) is 0 Å². The largest absolute Gasteiger partial charge is 0.399 e. The standard InChI is InChI=1S/C6H11N2O/c1-9-8-6-3-2-4-7-5-6/h2-5H2,1H3/b8-6+. The Bertz CT molecular complexity index is 104. The zero-order valence-corrected chi connectivity index (χ0v) is 5.63. The van der Waals surface area contributed by atoms with E-state index < -0.39 is 0 Å². The maximum Gasteiger partial charge on any atom is 0.106 e. The predicted octanol–water partition coefficient (Wildman–Crippen LogP) is 0.387. The second-order valence-corrected chi connectivity index (χ2v) is 2.05. The van der Waals surface area contributed by atoms with E-state index in [2.05, 4.69) is 15.3 Å². The minimum Gasteiger partial charge on any atom is -0.399 e. The third-order valence-electron chi connectivity index (χ3n) is 1.30. The van der Waals surface area contributed by atoms with Crippen molar-refractivity contribution >= 4 is 5.71 Å². The molecule has 0 saturated carbocycles. The van der Waals surface area contributed by atoms with Gasteiger partial charge in [-0.05, 0) is 12.8 Å². The Morgan fingerprint density at radius 1 is 1.67 bits per heavy atom. The SMILES string of the molecule is CO/N=C1\CCC[N]C1. The molecule has 1 fully saturated rings. The average Bonchev–Trinajstić information content (AvgIpc) is 1.91. The lowest BCUT2D eigenvalue weighted by Gasteiger charge is -2.10. The number of rotatable bonds is 1. The van der Waals surface area contributed by atoms with Gasteiger partial charge in [-0.2, -0.15) is 0 Å².